The molecule has 0 aliphatic carbocycles. The summed E-state index contributed by atoms with van der Waals surface area (Å²) < 4.78 is 16.2. The molecule has 0 amide bonds. The topological polar surface area (TPSA) is 106 Å². The lowest BCUT2D eigenvalue weighted by molar-refractivity contribution is 0.146. The highest BCUT2D eigenvalue weighted by molar-refractivity contribution is 6.09. The zero-order chi connectivity index (χ0) is 25.2. The van der Waals surface area contributed by atoms with Gasteiger partial charge in [-0.3, -0.25) is 15.3 Å². The molecule has 35 heavy (non-hydrogen) atoms. The summed E-state index contributed by atoms with van der Waals surface area (Å²) in [5.74, 6) is 1.09. The third-order valence-electron chi connectivity index (χ3n) is 5.38. The van der Waals surface area contributed by atoms with E-state index in [-0.39, 0.29) is 0 Å². The number of aromatic nitrogens is 3. The molecule has 9 heteroatoms. The number of aryl methyl sites for hydroxylation is 1. The van der Waals surface area contributed by atoms with Crippen molar-refractivity contribution in [2.24, 2.45) is 9.98 Å². The number of nitrogens with zero attached hydrogens (tertiary/aromatic N) is 4. The first-order valence-corrected chi connectivity index (χ1v) is 11.5. The molecule has 0 atom stereocenters. The molecule has 0 aromatic carbocycles. The van der Waals surface area contributed by atoms with Gasteiger partial charge in [-0.25, -0.2) is 9.98 Å². The second kappa shape index (κ2) is 12.8. The van der Waals surface area contributed by atoms with E-state index in [1.54, 1.807) is 26.6 Å². The van der Waals surface area contributed by atoms with Crippen molar-refractivity contribution in [3.8, 4) is 5.75 Å². The lowest BCUT2D eigenvalue weighted by atomic mass is 10.0. The van der Waals surface area contributed by atoms with Gasteiger partial charge < -0.3 is 19.2 Å². The molecule has 3 aromatic rings. The van der Waals surface area contributed by atoms with Crippen molar-refractivity contribution in [2.75, 3.05) is 34.1 Å². The van der Waals surface area contributed by atoms with Crippen molar-refractivity contribution in [1.82, 2.24) is 20.3 Å². The molecule has 0 unspecified atom stereocenters. The SMILES string of the molecule is C=N/C(OC)=C(\C=N/CNC(C)C)c1ccc(Cc2c[nH]c3ncc(OCCOC)cc23)c(C)n1. The minimum absolute atomic E-state index is 0.339. The van der Waals surface area contributed by atoms with Crippen molar-refractivity contribution in [3.05, 3.63) is 59.0 Å². The Bertz CT molecular complexity index is 1200. The number of aromatic amines is 1. The number of hydrogen-bond donors (Lipinski definition) is 2. The van der Waals surface area contributed by atoms with Crippen molar-refractivity contribution in [1.29, 1.82) is 0 Å². The van der Waals surface area contributed by atoms with Crippen LogP contribution in [0.5, 0.6) is 5.75 Å². The molecular formula is C26H34N6O3. The van der Waals surface area contributed by atoms with Crippen LogP contribution in [0.2, 0.25) is 0 Å². The van der Waals surface area contributed by atoms with Gasteiger partial charge in [0, 0.05) is 43.1 Å². The Labute approximate surface area is 206 Å². The number of allylic oxidation sites excluding steroid dienone is 1. The Balaban J connectivity index is 1.85. The van der Waals surface area contributed by atoms with E-state index in [1.807, 2.05) is 25.3 Å². The van der Waals surface area contributed by atoms with Crippen LogP contribution in [0.15, 0.2) is 46.5 Å². The van der Waals surface area contributed by atoms with Crippen molar-refractivity contribution < 1.29 is 14.2 Å². The van der Waals surface area contributed by atoms with Crippen LogP contribution in [0.25, 0.3) is 16.6 Å². The third kappa shape index (κ3) is 6.97. The summed E-state index contributed by atoms with van der Waals surface area (Å²) in [6, 6.07) is 6.37. The molecule has 3 rings (SSSR count). The Morgan fingerprint density at radius 3 is 2.74 bits per heavy atom. The molecule has 2 N–H and O–H groups in total. The van der Waals surface area contributed by atoms with Gasteiger partial charge in [-0.15, -0.1) is 0 Å². The fourth-order valence-electron chi connectivity index (χ4n) is 3.50. The number of aliphatic imine (C=N–C) groups is 2. The maximum atomic E-state index is 5.73. The first-order valence-electron chi connectivity index (χ1n) is 11.5. The number of methoxy groups -OCH3 is 2. The van der Waals surface area contributed by atoms with E-state index in [9.17, 15) is 0 Å². The summed E-state index contributed by atoms with van der Waals surface area (Å²) >= 11 is 0. The molecule has 0 aliphatic heterocycles. The van der Waals surface area contributed by atoms with E-state index < -0.39 is 0 Å². The molecule has 0 spiro atoms. The lowest BCUT2D eigenvalue weighted by Gasteiger charge is -2.11. The maximum absolute atomic E-state index is 5.73. The summed E-state index contributed by atoms with van der Waals surface area (Å²) in [7, 11) is 3.21. The number of H-pyrrole nitrogens is 1. The van der Waals surface area contributed by atoms with Crippen LogP contribution >= 0.6 is 0 Å². The van der Waals surface area contributed by atoms with Crippen molar-refractivity contribution in [3.63, 3.8) is 0 Å². The van der Waals surface area contributed by atoms with Gasteiger partial charge in [-0.1, -0.05) is 6.07 Å². The van der Waals surface area contributed by atoms with Crippen LogP contribution in [-0.4, -0.2) is 68.0 Å². The van der Waals surface area contributed by atoms with Crippen LogP contribution in [0, 0.1) is 6.92 Å². The number of ether oxygens (including phenoxy) is 3. The zero-order valence-corrected chi connectivity index (χ0v) is 21.1. The Morgan fingerprint density at radius 1 is 1.23 bits per heavy atom. The Morgan fingerprint density at radius 2 is 2.06 bits per heavy atom. The van der Waals surface area contributed by atoms with Gasteiger partial charge in [0.05, 0.1) is 37.8 Å². The van der Waals surface area contributed by atoms with E-state index in [0.717, 1.165) is 33.5 Å². The number of nitrogens with one attached hydrogen (secondary N) is 2. The Hall–Kier alpha value is -3.56. The average Bonchev–Trinajstić information content (AvgIpc) is 3.24. The first-order chi connectivity index (χ1) is 17.0. The first kappa shape index (κ1) is 26.1. The van der Waals surface area contributed by atoms with Gasteiger partial charge in [0.2, 0.25) is 5.88 Å². The molecule has 9 nitrogen and oxygen atoms in total. The van der Waals surface area contributed by atoms with Gasteiger partial charge in [0.1, 0.15) is 18.0 Å². The van der Waals surface area contributed by atoms with Crippen molar-refractivity contribution >= 4 is 29.5 Å². The predicted molar refractivity (Wildman–Crippen MR) is 140 cm³/mol. The molecule has 0 aliphatic rings. The summed E-state index contributed by atoms with van der Waals surface area (Å²) in [4.78, 5) is 21.0. The fourth-order valence-corrected chi connectivity index (χ4v) is 3.50. The molecule has 0 bridgehead atoms. The van der Waals surface area contributed by atoms with E-state index in [2.05, 4.69) is 51.9 Å². The smallest absolute Gasteiger partial charge is 0.223 e. The van der Waals surface area contributed by atoms with Gasteiger partial charge in [0.15, 0.2) is 0 Å². The van der Waals surface area contributed by atoms with Crippen LogP contribution in [-0.2, 0) is 15.9 Å². The monoisotopic (exact) mass is 478 g/mol. The number of rotatable bonds is 13. The normalized spacial score (nSPS) is 12.4. The highest BCUT2D eigenvalue weighted by Crippen LogP contribution is 2.25. The minimum Gasteiger partial charge on any atom is -0.490 e. The zero-order valence-electron chi connectivity index (χ0n) is 21.1. The summed E-state index contributed by atoms with van der Waals surface area (Å²) in [5.41, 5.74) is 5.34. The summed E-state index contributed by atoms with van der Waals surface area (Å²) in [6.07, 6.45) is 6.12. The van der Waals surface area contributed by atoms with Gasteiger partial charge >= 0.3 is 0 Å². The second-order valence-corrected chi connectivity index (χ2v) is 8.25. The molecule has 0 saturated carbocycles. The number of fused-ring (bicyclic) bond motifs is 1. The minimum atomic E-state index is 0.339. The largest absolute Gasteiger partial charge is 0.490 e. The molecular weight excluding hydrogens is 444 g/mol. The lowest BCUT2D eigenvalue weighted by Crippen LogP contribution is -2.22. The van der Waals surface area contributed by atoms with E-state index in [4.69, 9.17) is 19.2 Å². The van der Waals surface area contributed by atoms with Crippen LogP contribution in [0.4, 0.5) is 0 Å². The van der Waals surface area contributed by atoms with E-state index >= 15 is 0 Å². The molecule has 3 heterocycles. The van der Waals surface area contributed by atoms with Crippen LogP contribution in [0.3, 0.4) is 0 Å². The summed E-state index contributed by atoms with van der Waals surface area (Å²) in [6.45, 7) is 11.2. The fraction of sp³-hybridized carbons (Fsp3) is 0.385. The second-order valence-electron chi connectivity index (χ2n) is 8.25. The highest BCUT2D eigenvalue weighted by atomic mass is 16.5. The molecule has 0 radical (unpaired) electrons. The maximum Gasteiger partial charge on any atom is 0.223 e. The Kier molecular flexibility index (Phi) is 9.51. The van der Waals surface area contributed by atoms with Gasteiger partial charge in [-0.2, -0.15) is 0 Å². The standard InChI is InChI=1S/C26H34N6O3/c1-17(2)31-16-28-15-23(26(27-4)34-6)24-8-7-19(18(3)32-24)11-20-13-29-25-22(20)12-21(14-30-25)35-10-9-33-5/h7-8,12-15,17,31H,4,9-11,16H2,1-3,5-6H3,(H,29,30)/b26-23-,28-15-. The van der Waals surface area contributed by atoms with Gasteiger partial charge in [0.25, 0.3) is 0 Å². The van der Waals surface area contributed by atoms with Crippen LogP contribution in [0.1, 0.15) is 36.4 Å². The predicted octanol–water partition coefficient (Wildman–Crippen LogP) is 3.92. The quantitative estimate of drug-likeness (QED) is 0.219. The third-order valence-corrected chi connectivity index (χ3v) is 5.38. The summed E-state index contributed by atoms with van der Waals surface area (Å²) in [5, 5.41) is 4.27. The molecule has 0 saturated heterocycles. The van der Waals surface area contributed by atoms with Gasteiger partial charge in [-0.05, 0) is 50.7 Å². The van der Waals surface area contributed by atoms with Crippen molar-refractivity contribution in [2.45, 2.75) is 33.2 Å². The van der Waals surface area contributed by atoms with Crippen LogP contribution < -0.4 is 10.1 Å². The number of pyridine rings is 2. The molecule has 3 aromatic heterocycles. The average molecular weight is 479 g/mol. The molecule has 186 valence electrons. The van der Waals surface area contributed by atoms with E-state index in [1.165, 1.54) is 0 Å². The highest BCUT2D eigenvalue weighted by Gasteiger charge is 2.13. The van der Waals surface area contributed by atoms with E-state index in [0.29, 0.717) is 49.6 Å². The molecule has 0 fully saturated rings. The number of hydrogen-bond acceptors (Lipinski definition) is 8.